The van der Waals surface area contributed by atoms with Crippen LogP contribution in [-0.2, 0) is 0 Å². The Bertz CT molecular complexity index is 189. The van der Waals surface area contributed by atoms with Gasteiger partial charge in [-0.05, 0) is 19.9 Å². The molecule has 0 amide bonds. The molecule has 0 saturated heterocycles. The molecule has 2 heteroatoms. The summed E-state index contributed by atoms with van der Waals surface area (Å²) in [4.78, 5) is 0. The molecule has 0 spiro atoms. The molecule has 0 aromatic rings. The maximum atomic E-state index is 12.6. The standard InChI is InChI=1S/C8H12FN/c1-4-6(2)5-8(9)7(3)10/h4-5H,3,10H2,1-2H3/b6-4-,8-5+. The molecule has 0 saturated carbocycles. The van der Waals surface area contributed by atoms with Gasteiger partial charge in [0.1, 0.15) is 5.83 Å². The Morgan fingerprint density at radius 2 is 2.10 bits per heavy atom. The van der Waals surface area contributed by atoms with Crippen LogP contribution < -0.4 is 5.73 Å². The zero-order chi connectivity index (χ0) is 8.15. The highest BCUT2D eigenvalue weighted by molar-refractivity contribution is 5.27. The van der Waals surface area contributed by atoms with Gasteiger partial charge in [-0.2, -0.15) is 0 Å². The molecule has 0 heterocycles. The van der Waals surface area contributed by atoms with Gasteiger partial charge in [0.15, 0.2) is 0 Å². The maximum Gasteiger partial charge on any atom is 0.145 e. The molecule has 0 fully saturated rings. The van der Waals surface area contributed by atoms with Crippen LogP contribution in [0.3, 0.4) is 0 Å². The van der Waals surface area contributed by atoms with E-state index in [0.29, 0.717) is 0 Å². The second-order valence-corrected chi connectivity index (χ2v) is 2.05. The molecule has 0 aliphatic rings. The predicted molar refractivity (Wildman–Crippen MR) is 41.9 cm³/mol. The molecule has 0 aliphatic carbocycles. The van der Waals surface area contributed by atoms with E-state index in [4.69, 9.17) is 5.73 Å². The van der Waals surface area contributed by atoms with E-state index in [1.54, 1.807) is 13.0 Å². The van der Waals surface area contributed by atoms with Crippen molar-refractivity contribution in [1.82, 2.24) is 0 Å². The fraction of sp³-hybridized carbons (Fsp3) is 0.250. The summed E-state index contributed by atoms with van der Waals surface area (Å²) in [5, 5.41) is 0. The first-order chi connectivity index (χ1) is 4.57. The van der Waals surface area contributed by atoms with Crippen LogP contribution in [0.15, 0.2) is 35.8 Å². The molecule has 0 rings (SSSR count). The first-order valence-electron chi connectivity index (χ1n) is 3.02. The lowest BCUT2D eigenvalue weighted by Gasteiger charge is -1.93. The Balaban J connectivity index is 4.31. The third-order valence-electron chi connectivity index (χ3n) is 1.12. The van der Waals surface area contributed by atoms with E-state index in [2.05, 4.69) is 6.58 Å². The van der Waals surface area contributed by atoms with Crippen LogP contribution in [0, 0.1) is 0 Å². The summed E-state index contributed by atoms with van der Waals surface area (Å²) in [5.41, 5.74) is 5.88. The van der Waals surface area contributed by atoms with E-state index in [1.165, 1.54) is 6.08 Å². The van der Waals surface area contributed by atoms with Crippen LogP contribution in [0.5, 0.6) is 0 Å². The number of allylic oxidation sites excluding steroid dienone is 4. The molecular formula is C8H12FN. The molecule has 2 N–H and O–H groups in total. The Morgan fingerprint density at radius 1 is 1.60 bits per heavy atom. The van der Waals surface area contributed by atoms with Gasteiger partial charge in [-0.3, -0.25) is 0 Å². The summed E-state index contributed by atoms with van der Waals surface area (Å²) in [6.45, 7) is 6.88. The first-order valence-corrected chi connectivity index (χ1v) is 3.02. The van der Waals surface area contributed by atoms with Crippen molar-refractivity contribution in [2.75, 3.05) is 0 Å². The first kappa shape index (κ1) is 8.95. The van der Waals surface area contributed by atoms with Crippen LogP contribution in [-0.4, -0.2) is 0 Å². The molecule has 0 unspecified atom stereocenters. The lowest BCUT2D eigenvalue weighted by Crippen LogP contribution is -1.94. The third-order valence-corrected chi connectivity index (χ3v) is 1.12. The normalized spacial score (nSPS) is 13.5. The predicted octanol–water partition coefficient (Wildman–Crippen LogP) is 2.28. The van der Waals surface area contributed by atoms with Crippen LogP contribution in [0.4, 0.5) is 4.39 Å². The van der Waals surface area contributed by atoms with E-state index >= 15 is 0 Å². The van der Waals surface area contributed by atoms with Crippen molar-refractivity contribution in [1.29, 1.82) is 0 Å². The highest BCUT2D eigenvalue weighted by Crippen LogP contribution is 2.07. The van der Waals surface area contributed by atoms with E-state index in [1.807, 2.05) is 6.92 Å². The molecule has 0 aromatic carbocycles. The third kappa shape index (κ3) is 3.07. The minimum absolute atomic E-state index is 0.0267. The molecule has 0 aromatic heterocycles. The van der Waals surface area contributed by atoms with E-state index in [9.17, 15) is 4.39 Å². The summed E-state index contributed by atoms with van der Waals surface area (Å²) in [7, 11) is 0. The number of rotatable bonds is 2. The molecule has 0 radical (unpaired) electrons. The molecule has 10 heavy (non-hydrogen) atoms. The van der Waals surface area contributed by atoms with Crippen molar-refractivity contribution in [3.63, 3.8) is 0 Å². The van der Waals surface area contributed by atoms with Crippen molar-refractivity contribution in [2.45, 2.75) is 13.8 Å². The summed E-state index contributed by atoms with van der Waals surface area (Å²) in [6.07, 6.45) is 3.14. The molecular weight excluding hydrogens is 129 g/mol. The van der Waals surface area contributed by atoms with Crippen LogP contribution in [0.25, 0.3) is 0 Å². The second-order valence-electron chi connectivity index (χ2n) is 2.05. The fourth-order valence-electron chi connectivity index (χ4n) is 0.376. The average Bonchev–Trinajstić information content (AvgIpc) is 1.87. The average molecular weight is 141 g/mol. The van der Waals surface area contributed by atoms with Gasteiger partial charge in [-0.1, -0.05) is 18.2 Å². The van der Waals surface area contributed by atoms with Crippen LogP contribution >= 0.6 is 0 Å². The fourth-order valence-corrected chi connectivity index (χ4v) is 0.376. The van der Waals surface area contributed by atoms with E-state index in [0.717, 1.165) is 5.57 Å². The topological polar surface area (TPSA) is 26.0 Å². The summed E-state index contributed by atoms with van der Waals surface area (Å²) in [6, 6.07) is 0. The Kier molecular flexibility index (Phi) is 3.47. The van der Waals surface area contributed by atoms with Gasteiger partial charge in [-0.15, -0.1) is 0 Å². The Labute approximate surface area is 60.7 Å². The van der Waals surface area contributed by atoms with Gasteiger partial charge in [0.25, 0.3) is 0 Å². The highest BCUT2D eigenvalue weighted by Gasteiger charge is 1.93. The van der Waals surface area contributed by atoms with Gasteiger partial charge in [0.05, 0.1) is 5.70 Å². The van der Waals surface area contributed by atoms with E-state index in [-0.39, 0.29) is 5.70 Å². The van der Waals surface area contributed by atoms with E-state index < -0.39 is 5.83 Å². The zero-order valence-corrected chi connectivity index (χ0v) is 6.32. The van der Waals surface area contributed by atoms with Crippen molar-refractivity contribution in [3.05, 3.63) is 35.8 Å². The van der Waals surface area contributed by atoms with Gasteiger partial charge in [-0.25, -0.2) is 4.39 Å². The van der Waals surface area contributed by atoms with Crippen LogP contribution in [0.2, 0.25) is 0 Å². The number of hydrogen-bond donors (Lipinski definition) is 1. The molecule has 0 aliphatic heterocycles. The summed E-state index contributed by atoms with van der Waals surface area (Å²) in [5.74, 6) is -0.462. The SMILES string of the molecule is C=C(N)/C(F)=C\C(C)=C/C. The summed E-state index contributed by atoms with van der Waals surface area (Å²) < 4.78 is 12.6. The Morgan fingerprint density at radius 3 is 2.40 bits per heavy atom. The monoisotopic (exact) mass is 141 g/mol. The number of hydrogen-bond acceptors (Lipinski definition) is 1. The lowest BCUT2D eigenvalue weighted by molar-refractivity contribution is 0.648. The molecule has 0 atom stereocenters. The second kappa shape index (κ2) is 3.88. The highest BCUT2D eigenvalue weighted by atomic mass is 19.1. The smallest absolute Gasteiger partial charge is 0.145 e. The van der Waals surface area contributed by atoms with Crippen molar-refractivity contribution in [2.24, 2.45) is 5.73 Å². The molecule has 1 nitrogen and oxygen atoms in total. The number of nitrogens with two attached hydrogens (primary N) is 1. The molecule has 56 valence electrons. The zero-order valence-electron chi connectivity index (χ0n) is 6.32. The van der Waals surface area contributed by atoms with Gasteiger partial charge < -0.3 is 5.73 Å². The maximum absolute atomic E-state index is 12.6. The van der Waals surface area contributed by atoms with Crippen LogP contribution in [0.1, 0.15) is 13.8 Å². The van der Waals surface area contributed by atoms with Gasteiger partial charge in [0, 0.05) is 0 Å². The number of halogens is 1. The van der Waals surface area contributed by atoms with Gasteiger partial charge >= 0.3 is 0 Å². The largest absolute Gasteiger partial charge is 0.397 e. The molecule has 0 bridgehead atoms. The minimum Gasteiger partial charge on any atom is -0.397 e. The lowest BCUT2D eigenvalue weighted by atomic mass is 10.2. The van der Waals surface area contributed by atoms with Crippen molar-refractivity contribution in [3.8, 4) is 0 Å². The Hall–Kier alpha value is -1.05. The quantitative estimate of drug-likeness (QED) is 0.586. The van der Waals surface area contributed by atoms with Crippen molar-refractivity contribution < 1.29 is 4.39 Å². The minimum atomic E-state index is -0.462. The van der Waals surface area contributed by atoms with Gasteiger partial charge in [0.2, 0.25) is 0 Å². The summed E-state index contributed by atoms with van der Waals surface area (Å²) >= 11 is 0. The van der Waals surface area contributed by atoms with Crippen molar-refractivity contribution >= 4 is 0 Å².